The topological polar surface area (TPSA) is 176 Å². The molecule has 1 heterocycles. The fraction of sp³-hybridized carbons (Fsp3) is 0.111. The average molecular weight is 440 g/mol. The number of carbonyl (C=O) groups is 2. The second-order valence-electron chi connectivity index (χ2n) is 6.39. The Morgan fingerprint density at radius 2 is 1.16 bits per heavy atom. The maximum atomic E-state index is 12.5. The molecule has 0 aliphatic carbocycles. The number of non-ortho nitro benzene ring substituents is 2. The molecule has 0 saturated heterocycles. The lowest BCUT2D eigenvalue weighted by Gasteiger charge is -2.27. The minimum absolute atomic E-state index is 0.0349. The van der Waals surface area contributed by atoms with Crippen LogP contribution in [0.15, 0.2) is 58.7 Å². The molecular weight excluding hydrogens is 424 g/mol. The van der Waals surface area contributed by atoms with E-state index in [4.69, 9.17) is 0 Å². The van der Waals surface area contributed by atoms with Crippen molar-refractivity contribution in [2.24, 2.45) is 10.2 Å². The van der Waals surface area contributed by atoms with Crippen molar-refractivity contribution in [3.05, 3.63) is 68.8 Å². The Labute approximate surface area is 180 Å². The number of nitro benzene ring substituents is 2. The second kappa shape index (κ2) is 8.86. The number of nitro groups is 2. The summed E-state index contributed by atoms with van der Waals surface area (Å²) in [4.78, 5) is 45.7. The van der Waals surface area contributed by atoms with Crippen LogP contribution in [0.25, 0.3) is 0 Å². The molecule has 14 nitrogen and oxygen atoms in total. The molecular formula is C18H16N8O6. The lowest BCUT2D eigenvalue weighted by Crippen LogP contribution is -2.45. The molecule has 32 heavy (non-hydrogen) atoms. The molecule has 0 radical (unpaired) electrons. The maximum Gasteiger partial charge on any atom is 0.348 e. The van der Waals surface area contributed by atoms with Gasteiger partial charge in [0.2, 0.25) is 0 Å². The Morgan fingerprint density at radius 3 is 1.50 bits per heavy atom. The van der Waals surface area contributed by atoms with Crippen LogP contribution in [-0.4, -0.2) is 43.6 Å². The second-order valence-corrected chi connectivity index (χ2v) is 6.39. The van der Waals surface area contributed by atoms with Gasteiger partial charge in [-0.1, -0.05) is 12.1 Å². The molecule has 2 aromatic rings. The summed E-state index contributed by atoms with van der Waals surface area (Å²) in [7, 11) is 0. The van der Waals surface area contributed by atoms with Gasteiger partial charge in [-0.25, -0.2) is 9.59 Å². The van der Waals surface area contributed by atoms with Gasteiger partial charge in [0, 0.05) is 35.6 Å². The first-order valence-electron chi connectivity index (χ1n) is 8.97. The van der Waals surface area contributed by atoms with Crippen LogP contribution in [-0.2, 0) is 0 Å². The summed E-state index contributed by atoms with van der Waals surface area (Å²) in [6.07, 6.45) is 0. The van der Waals surface area contributed by atoms with Crippen LogP contribution in [0.4, 0.5) is 32.3 Å². The number of rotatable bonds is 4. The van der Waals surface area contributed by atoms with E-state index in [-0.39, 0.29) is 34.4 Å². The number of hydrogen-bond donors (Lipinski definition) is 2. The Morgan fingerprint density at radius 1 is 0.781 bits per heavy atom. The maximum absolute atomic E-state index is 12.5. The van der Waals surface area contributed by atoms with E-state index in [0.29, 0.717) is 0 Å². The molecule has 0 atom stereocenters. The fourth-order valence-electron chi connectivity index (χ4n) is 2.65. The van der Waals surface area contributed by atoms with Gasteiger partial charge in [0.1, 0.15) is 0 Å². The average Bonchev–Trinajstić information content (AvgIpc) is 2.75. The van der Waals surface area contributed by atoms with Crippen molar-refractivity contribution in [2.75, 3.05) is 10.6 Å². The van der Waals surface area contributed by atoms with Crippen molar-refractivity contribution >= 4 is 46.5 Å². The molecule has 1 aliphatic rings. The van der Waals surface area contributed by atoms with Gasteiger partial charge in [0.05, 0.1) is 9.85 Å². The van der Waals surface area contributed by atoms with Crippen LogP contribution in [0.3, 0.4) is 0 Å². The van der Waals surface area contributed by atoms with E-state index >= 15 is 0 Å². The number of amidine groups is 2. The fourth-order valence-corrected chi connectivity index (χ4v) is 2.65. The molecule has 0 bridgehead atoms. The molecule has 0 unspecified atom stereocenters. The minimum atomic E-state index is -0.746. The van der Waals surface area contributed by atoms with E-state index in [1.807, 2.05) is 0 Å². The van der Waals surface area contributed by atoms with Gasteiger partial charge in [-0.15, -0.1) is 10.2 Å². The van der Waals surface area contributed by atoms with Crippen molar-refractivity contribution in [1.29, 1.82) is 0 Å². The summed E-state index contributed by atoms with van der Waals surface area (Å²) in [5, 5.41) is 36.6. The summed E-state index contributed by atoms with van der Waals surface area (Å²) < 4.78 is 0. The third-order valence-electron chi connectivity index (χ3n) is 4.10. The first-order chi connectivity index (χ1) is 15.2. The number of amides is 4. The van der Waals surface area contributed by atoms with Crippen molar-refractivity contribution in [3.63, 3.8) is 0 Å². The van der Waals surface area contributed by atoms with Crippen LogP contribution in [0.2, 0.25) is 0 Å². The van der Waals surface area contributed by atoms with E-state index in [1.165, 1.54) is 62.4 Å². The van der Waals surface area contributed by atoms with Gasteiger partial charge in [-0.05, 0) is 26.0 Å². The zero-order valence-electron chi connectivity index (χ0n) is 16.8. The molecule has 4 amide bonds. The number of nitrogens with zero attached hydrogens (tertiary/aromatic N) is 6. The highest BCUT2D eigenvalue weighted by atomic mass is 16.6. The van der Waals surface area contributed by atoms with Crippen LogP contribution in [0.1, 0.15) is 13.8 Å². The smallest absolute Gasteiger partial charge is 0.306 e. The Hall–Kier alpha value is -4.88. The molecule has 0 spiro atoms. The molecule has 0 saturated carbocycles. The normalized spacial score (nSPS) is 13.1. The zero-order valence-corrected chi connectivity index (χ0v) is 16.8. The highest BCUT2D eigenvalue weighted by Gasteiger charge is 2.27. The van der Waals surface area contributed by atoms with Gasteiger partial charge in [0.15, 0.2) is 11.7 Å². The predicted molar refractivity (Wildman–Crippen MR) is 114 cm³/mol. The van der Waals surface area contributed by atoms with Crippen molar-refractivity contribution < 1.29 is 19.4 Å². The van der Waals surface area contributed by atoms with Crippen LogP contribution in [0, 0.1) is 20.2 Å². The third kappa shape index (κ3) is 4.81. The number of anilines is 2. The first kappa shape index (κ1) is 21.8. The number of hydrogen-bond acceptors (Lipinski definition) is 8. The van der Waals surface area contributed by atoms with E-state index in [1.54, 1.807) is 0 Å². The number of urea groups is 2. The Bertz CT molecular complexity index is 1090. The highest BCUT2D eigenvalue weighted by Crippen LogP contribution is 2.20. The van der Waals surface area contributed by atoms with Crippen LogP contribution < -0.4 is 10.6 Å². The summed E-state index contributed by atoms with van der Waals surface area (Å²) in [6, 6.07) is 9.21. The van der Waals surface area contributed by atoms with Gasteiger partial charge < -0.3 is 10.6 Å². The molecule has 0 fully saturated rings. The van der Waals surface area contributed by atoms with Crippen LogP contribution in [0.5, 0.6) is 0 Å². The molecule has 0 aromatic heterocycles. The Balaban J connectivity index is 1.72. The monoisotopic (exact) mass is 440 g/mol. The zero-order chi connectivity index (χ0) is 23.4. The van der Waals surface area contributed by atoms with Gasteiger partial charge in [0.25, 0.3) is 11.4 Å². The molecule has 14 heteroatoms. The molecule has 1 aliphatic heterocycles. The molecule has 2 N–H and O–H groups in total. The van der Waals surface area contributed by atoms with Crippen LogP contribution >= 0.6 is 0 Å². The summed E-state index contributed by atoms with van der Waals surface area (Å²) in [5.74, 6) is 0.0699. The number of hydrazone groups is 2. The lowest BCUT2D eigenvalue weighted by atomic mass is 10.3. The first-order valence-corrected chi connectivity index (χ1v) is 8.97. The van der Waals surface area contributed by atoms with Gasteiger partial charge >= 0.3 is 12.1 Å². The quantitative estimate of drug-likeness (QED) is 0.542. The third-order valence-corrected chi connectivity index (χ3v) is 4.10. The Kier molecular flexibility index (Phi) is 6.04. The predicted octanol–water partition coefficient (Wildman–Crippen LogP) is 3.55. The minimum Gasteiger partial charge on any atom is -0.306 e. The standard InChI is InChI=1S/C18H16N8O6/c1-11-21-24(18(28)20-14-6-4-8-16(10-14)26(31)32)12(2)22-23(11)17(27)19-13-5-3-7-15(9-13)25(29)30/h3-10H,1-2H3,(H,19,27)(H,20,28). The van der Waals surface area contributed by atoms with E-state index in [2.05, 4.69) is 20.8 Å². The number of carbonyl (C=O) groups excluding carboxylic acids is 2. The molecule has 3 rings (SSSR count). The SMILES string of the molecule is CC1=NN(C(=O)Nc2cccc([N+](=O)[O-])c2)C(C)=NN1C(=O)Nc1cccc([N+](=O)[O-])c1. The van der Waals surface area contributed by atoms with Gasteiger partial charge in [-0.2, -0.15) is 10.0 Å². The van der Waals surface area contributed by atoms with E-state index < -0.39 is 21.9 Å². The highest BCUT2D eigenvalue weighted by molar-refractivity contribution is 6.09. The van der Waals surface area contributed by atoms with Gasteiger partial charge in [-0.3, -0.25) is 20.2 Å². The van der Waals surface area contributed by atoms with Crippen molar-refractivity contribution in [2.45, 2.75) is 13.8 Å². The molecule has 2 aromatic carbocycles. The van der Waals surface area contributed by atoms with Crippen molar-refractivity contribution in [1.82, 2.24) is 10.0 Å². The summed E-state index contributed by atoms with van der Waals surface area (Å²) in [5.41, 5.74) is -0.0441. The van der Waals surface area contributed by atoms with E-state index in [0.717, 1.165) is 10.0 Å². The number of nitrogens with one attached hydrogen (secondary N) is 2. The van der Waals surface area contributed by atoms with E-state index in [9.17, 15) is 29.8 Å². The van der Waals surface area contributed by atoms with Crippen molar-refractivity contribution in [3.8, 4) is 0 Å². The molecule has 164 valence electrons. The lowest BCUT2D eigenvalue weighted by molar-refractivity contribution is -0.385. The summed E-state index contributed by atoms with van der Waals surface area (Å²) in [6.45, 7) is 2.85. The largest absolute Gasteiger partial charge is 0.348 e. The summed E-state index contributed by atoms with van der Waals surface area (Å²) >= 11 is 0. The number of benzene rings is 2.